The Labute approximate surface area is 220 Å². The molecule has 0 unspecified atom stereocenters. The fourth-order valence-corrected chi connectivity index (χ4v) is 7.58. The van der Waals surface area contributed by atoms with E-state index in [1.54, 1.807) is 25.1 Å². The minimum absolute atomic E-state index is 0.0916. The van der Waals surface area contributed by atoms with Crippen LogP contribution in [0, 0.1) is 46.1 Å². The maximum Gasteiger partial charge on any atom is 0.156 e. The molecule has 1 aromatic rings. The predicted molar refractivity (Wildman–Crippen MR) is 143 cm³/mol. The standard InChI is InChI=1S/C32H39F2NO2/c1-30(2,3)13-14-32(37)12-11-25-23-9-7-19-15-21(36)8-10-22(19)28(23)24(18-31(25,32)4)29-26(33)16-20(35(5)6)17-27(29)34/h15-17,23-25,37H,7-12,18H2,1-6H3/t23-,24-,25-,31-,32+/m0/s1. The van der Waals surface area contributed by atoms with Crippen molar-refractivity contribution in [2.45, 2.75) is 84.2 Å². The molecule has 4 aliphatic carbocycles. The third-order valence-corrected chi connectivity index (χ3v) is 9.46. The molecule has 37 heavy (non-hydrogen) atoms. The SMILES string of the molecule is CN(C)c1cc(F)c([C@H]2C[C@@]3(C)[C@@H](CC[C@@]3(O)C#CC(C)(C)C)[C@@H]3CCC4=CC(=O)CCC4=C32)c(F)c1. The van der Waals surface area contributed by atoms with Gasteiger partial charge in [-0.2, -0.15) is 0 Å². The van der Waals surface area contributed by atoms with Gasteiger partial charge in [0.05, 0.1) is 0 Å². The van der Waals surface area contributed by atoms with Crippen molar-refractivity contribution in [2.75, 3.05) is 19.0 Å². The molecule has 0 spiro atoms. The molecular weight excluding hydrogens is 468 g/mol. The largest absolute Gasteiger partial charge is 0.377 e. The smallest absolute Gasteiger partial charge is 0.156 e. The van der Waals surface area contributed by atoms with Crippen molar-refractivity contribution < 1.29 is 18.7 Å². The van der Waals surface area contributed by atoms with Gasteiger partial charge in [0.15, 0.2) is 5.78 Å². The lowest BCUT2D eigenvalue weighted by Crippen LogP contribution is -2.51. The molecular formula is C32H39F2NO2. The maximum absolute atomic E-state index is 15.8. The number of nitrogens with zero attached hydrogens (tertiary/aromatic N) is 1. The van der Waals surface area contributed by atoms with E-state index in [0.717, 1.165) is 36.0 Å². The van der Waals surface area contributed by atoms with Gasteiger partial charge in [-0.05, 0) is 100 Å². The first-order chi connectivity index (χ1) is 17.2. The van der Waals surface area contributed by atoms with E-state index in [-0.39, 0.29) is 28.6 Å². The molecule has 0 aliphatic heterocycles. The molecule has 0 bridgehead atoms. The summed E-state index contributed by atoms with van der Waals surface area (Å²) in [6, 6.07) is 2.83. The number of hydrogen-bond acceptors (Lipinski definition) is 3. The van der Waals surface area contributed by atoms with E-state index in [1.165, 1.54) is 12.1 Å². The molecule has 0 heterocycles. The van der Waals surface area contributed by atoms with Crippen LogP contribution in [0.5, 0.6) is 0 Å². The number of fused-ring (bicyclic) bond motifs is 4. The number of carbonyl (C=O) groups excluding carboxylic acids is 1. The predicted octanol–water partition coefficient (Wildman–Crippen LogP) is 6.71. The number of aliphatic hydroxyl groups is 1. The third kappa shape index (κ3) is 4.26. The summed E-state index contributed by atoms with van der Waals surface area (Å²) in [5.41, 5.74) is 1.78. The fraction of sp³-hybridized carbons (Fsp3) is 0.594. The van der Waals surface area contributed by atoms with Crippen LogP contribution in [0.3, 0.4) is 0 Å². The molecule has 3 nitrogen and oxygen atoms in total. The summed E-state index contributed by atoms with van der Waals surface area (Å²) in [4.78, 5) is 13.9. The zero-order valence-electron chi connectivity index (χ0n) is 23.0. The van der Waals surface area contributed by atoms with E-state index in [9.17, 15) is 9.90 Å². The summed E-state index contributed by atoms with van der Waals surface area (Å²) >= 11 is 0. The molecule has 1 N–H and O–H groups in total. The highest BCUT2D eigenvalue weighted by Crippen LogP contribution is 2.67. The minimum atomic E-state index is -1.21. The number of rotatable bonds is 2. The van der Waals surface area contributed by atoms with Crippen LogP contribution in [0.15, 0.2) is 34.9 Å². The third-order valence-electron chi connectivity index (χ3n) is 9.46. The van der Waals surface area contributed by atoms with Gasteiger partial charge in [-0.3, -0.25) is 4.79 Å². The van der Waals surface area contributed by atoms with E-state index in [0.29, 0.717) is 31.4 Å². The van der Waals surface area contributed by atoms with Crippen LogP contribution in [-0.2, 0) is 4.79 Å². The van der Waals surface area contributed by atoms with Crippen molar-refractivity contribution in [3.05, 3.63) is 52.1 Å². The molecule has 1 aromatic carbocycles. The van der Waals surface area contributed by atoms with Crippen LogP contribution >= 0.6 is 0 Å². The second kappa shape index (κ2) is 8.80. The van der Waals surface area contributed by atoms with Crippen molar-refractivity contribution in [1.29, 1.82) is 0 Å². The Bertz CT molecular complexity index is 1250. The number of ketones is 1. The van der Waals surface area contributed by atoms with Gasteiger partial charge in [0.2, 0.25) is 0 Å². The van der Waals surface area contributed by atoms with E-state index >= 15 is 8.78 Å². The number of halogens is 2. The lowest BCUT2D eigenvalue weighted by molar-refractivity contribution is -0.114. The maximum atomic E-state index is 15.8. The second-order valence-electron chi connectivity index (χ2n) is 13.1. The number of anilines is 1. The molecule has 0 aromatic heterocycles. The average Bonchev–Trinajstić information content (AvgIpc) is 3.07. The van der Waals surface area contributed by atoms with Crippen LogP contribution in [0.25, 0.3) is 0 Å². The van der Waals surface area contributed by atoms with E-state index in [2.05, 4.69) is 18.8 Å². The Morgan fingerprint density at radius 1 is 1.08 bits per heavy atom. The second-order valence-corrected chi connectivity index (χ2v) is 13.1. The van der Waals surface area contributed by atoms with Gasteiger partial charge in [-0.25, -0.2) is 8.78 Å². The van der Waals surface area contributed by atoms with Crippen LogP contribution in [0.2, 0.25) is 0 Å². The Morgan fingerprint density at radius 3 is 2.38 bits per heavy atom. The Balaban J connectivity index is 1.71. The summed E-state index contributed by atoms with van der Waals surface area (Å²) in [5, 5.41) is 12.0. The van der Waals surface area contributed by atoms with Gasteiger partial charge >= 0.3 is 0 Å². The van der Waals surface area contributed by atoms with Crippen molar-refractivity contribution in [3.63, 3.8) is 0 Å². The lowest BCUT2D eigenvalue weighted by atomic mass is 9.51. The highest BCUT2D eigenvalue weighted by molar-refractivity contribution is 5.93. The van der Waals surface area contributed by atoms with E-state index in [4.69, 9.17) is 0 Å². The summed E-state index contributed by atoms with van der Waals surface area (Å²) in [7, 11) is 3.54. The van der Waals surface area contributed by atoms with Crippen LogP contribution in [0.1, 0.15) is 84.1 Å². The first kappa shape index (κ1) is 26.2. The minimum Gasteiger partial charge on any atom is -0.377 e. The molecule has 0 radical (unpaired) electrons. The monoisotopic (exact) mass is 507 g/mol. The molecule has 2 saturated carbocycles. The van der Waals surface area contributed by atoms with Gasteiger partial charge in [0, 0.05) is 48.5 Å². The van der Waals surface area contributed by atoms with E-state index < -0.39 is 28.6 Å². The zero-order valence-corrected chi connectivity index (χ0v) is 23.0. The first-order valence-corrected chi connectivity index (χ1v) is 13.6. The Hall–Kier alpha value is -2.45. The summed E-state index contributed by atoms with van der Waals surface area (Å²) in [6.45, 7) is 8.18. The van der Waals surface area contributed by atoms with Gasteiger partial charge < -0.3 is 10.0 Å². The quantitative estimate of drug-likeness (QED) is 0.452. The molecule has 2 fully saturated rings. The van der Waals surface area contributed by atoms with Crippen LogP contribution < -0.4 is 4.90 Å². The molecule has 198 valence electrons. The van der Waals surface area contributed by atoms with Crippen molar-refractivity contribution in [3.8, 4) is 11.8 Å². The van der Waals surface area contributed by atoms with Crippen molar-refractivity contribution in [1.82, 2.24) is 0 Å². The highest BCUT2D eigenvalue weighted by Gasteiger charge is 2.63. The number of allylic oxidation sites excluding steroid dienone is 4. The summed E-state index contributed by atoms with van der Waals surface area (Å²) in [5.74, 6) is 5.35. The highest BCUT2D eigenvalue weighted by atomic mass is 19.1. The summed E-state index contributed by atoms with van der Waals surface area (Å²) in [6.07, 6.45) is 6.28. The first-order valence-electron chi connectivity index (χ1n) is 13.6. The van der Waals surface area contributed by atoms with Crippen LogP contribution in [0.4, 0.5) is 14.5 Å². The topological polar surface area (TPSA) is 40.5 Å². The van der Waals surface area contributed by atoms with Gasteiger partial charge in [0.25, 0.3) is 0 Å². The molecule has 0 saturated heterocycles. The van der Waals surface area contributed by atoms with Crippen molar-refractivity contribution in [2.24, 2.45) is 22.7 Å². The average molecular weight is 508 g/mol. The zero-order chi connectivity index (χ0) is 26.9. The summed E-state index contributed by atoms with van der Waals surface area (Å²) < 4.78 is 31.6. The Morgan fingerprint density at radius 2 is 1.76 bits per heavy atom. The fourth-order valence-electron chi connectivity index (χ4n) is 7.58. The number of hydrogen-bond donors (Lipinski definition) is 1. The van der Waals surface area contributed by atoms with Gasteiger partial charge in [0.1, 0.15) is 17.2 Å². The number of carbonyl (C=O) groups is 1. The molecule has 5 rings (SSSR count). The van der Waals surface area contributed by atoms with Gasteiger partial charge in [-0.15, -0.1) is 0 Å². The molecule has 5 atom stereocenters. The Kier molecular flexibility index (Phi) is 6.23. The normalized spacial score (nSPS) is 33.2. The van der Waals surface area contributed by atoms with Gasteiger partial charge in [-0.1, -0.05) is 24.3 Å². The number of benzene rings is 1. The molecule has 0 amide bonds. The van der Waals surface area contributed by atoms with E-state index in [1.807, 2.05) is 20.8 Å². The van der Waals surface area contributed by atoms with Crippen molar-refractivity contribution >= 4 is 11.5 Å². The molecule has 5 heteroatoms. The molecule has 4 aliphatic rings. The van der Waals surface area contributed by atoms with Crippen LogP contribution in [-0.4, -0.2) is 30.6 Å². The lowest BCUT2D eigenvalue weighted by Gasteiger charge is -2.53.